The van der Waals surface area contributed by atoms with Gasteiger partial charge in [-0.1, -0.05) is 0 Å². The van der Waals surface area contributed by atoms with E-state index in [9.17, 15) is 10.2 Å². The number of rotatable bonds is 5. The summed E-state index contributed by atoms with van der Waals surface area (Å²) >= 11 is 0. The van der Waals surface area contributed by atoms with Crippen LogP contribution in [0.15, 0.2) is 36.4 Å². The maximum Gasteiger partial charge on any atom is 0.123 e. The van der Waals surface area contributed by atoms with Crippen molar-refractivity contribution in [3.63, 3.8) is 0 Å². The van der Waals surface area contributed by atoms with Crippen molar-refractivity contribution in [1.82, 2.24) is 0 Å². The van der Waals surface area contributed by atoms with Crippen LogP contribution in [0.5, 0.6) is 23.0 Å². The lowest BCUT2D eigenvalue weighted by Crippen LogP contribution is -1.93. The van der Waals surface area contributed by atoms with Crippen molar-refractivity contribution >= 4 is 0 Å². The van der Waals surface area contributed by atoms with E-state index in [4.69, 9.17) is 9.47 Å². The molecule has 0 heterocycles. The first-order valence-electron chi connectivity index (χ1n) is 6.57. The maximum absolute atomic E-state index is 9.99. The van der Waals surface area contributed by atoms with Crippen LogP contribution in [0.4, 0.5) is 0 Å². The summed E-state index contributed by atoms with van der Waals surface area (Å²) < 4.78 is 10.8. The van der Waals surface area contributed by atoms with E-state index in [1.54, 1.807) is 36.4 Å². The third kappa shape index (κ3) is 2.96. The van der Waals surface area contributed by atoms with Crippen molar-refractivity contribution < 1.29 is 19.7 Å². The Balaban J connectivity index is 2.49. The topological polar surface area (TPSA) is 58.9 Å². The molecule has 0 unspecified atom stereocenters. The largest absolute Gasteiger partial charge is 0.507 e. The Morgan fingerprint density at radius 1 is 0.750 bits per heavy atom. The molecule has 0 atom stereocenters. The van der Waals surface area contributed by atoms with Crippen LogP contribution in [0.25, 0.3) is 11.1 Å². The average molecular weight is 274 g/mol. The molecule has 4 nitrogen and oxygen atoms in total. The fourth-order valence-corrected chi connectivity index (χ4v) is 1.97. The predicted molar refractivity (Wildman–Crippen MR) is 77.5 cm³/mol. The monoisotopic (exact) mass is 274 g/mol. The van der Waals surface area contributed by atoms with Gasteiger partial charge >= 0.3 is 0 Å². The van der Waals surface area contributed by atoms with Crippen LogP contribution in [-0.4, -0.2) is 23.4 Å². The highest BCUT2D eigenvalue weighted by atomic mass is 16.5. The van der Waals surface area contributed by atoms with E-state index in [2.05, 4.69) is 0 Å². The van der Waals surface area contributed by atoms with Gasteiger partial charge in [0.1, 0.15) is 23.0 Å². The van der Waals surface area contributed by atoms with Crippen LogP contribution < -0.4 is 9.47 Å². The maximum atomic E-state index is 9.99. The lowest BCUT2D eigenvalue weighted by atomic mass is 10.0. The van der Waals surface area contributed by atoms with Gasteiger partial charge in [-0.3, -0.25) is 0 Å². The van der Waals surface area contributed by atoms with E-state index < -0.39 is 0 Å². The lowest BCUT2D eigenvalue weighted by Gasteiger charge is -2.12. The van der Waals surface area contributed by atoms with E-state index in [-0.39, 0.29) is 11.5 Å². The number of ether oxygens (including phenoxy) is 2. The van der Waals surface area contributed by atoms with Crippen LogP contribution >= 0.6 is 0 Å². The summed E-state index contributed by atoms with van der Waals surface area (Å²) in [6.07, 6.45) is 0. The van der Waals surface area contributed by atoms with E-state index in [0.717, 1.165) is 0 Å². The summed E-state index contributed by atoms with van der Waals surface area (Å²) in [7, 11) is 0. The van der Waals surface area contributed by atoms with Crippen molar-refractivity contribution in [1.29, 1.82) is 0 Å². The molecular formula is C16H18O4. The first kappa shape index (κ1) is 14.1. The molecule has 0 spiro atoms. The molecule has 2 rings (SSSR count). The zero-order valence-corrected chi connectivity index (χ0v) is 11.6. The molecule has 4 heteroatoms. The fraction of sp³-hybridized carbons (Fsp3) is 0.250. The third-order valence-corrected chi connectivity index (χ3v) is 2.85. The van der Waals surface area contributed by atoms with Crippen LogP contribution in [-0.2, 0) is 0 Å². The van der Waals surface area contributed by atoms with Crippen molar-refractivity contribution in [2.75, 3.05) is 13.2 Å². The molecule has 0 aliphatic heterocycles. The molecule has 20 heavy (non-hydrogen) atoms. The summed E-state index contributed by atoms with van der Waals surface area (Å²) in [6, 6.07) is 9.87. The average Bonchev–Trinajstić information content (AvgIpc) is 2.44. The smallest absolute Gasteiger partial charge is 0.123 e. The Labute approximate surface area is 118 Å². The Kier molecular flexibility index (Phi) is 4.35. The van der Waals surface area contributed by atoms with Gasteiger partial charge in [-0.05, 0) is 50.2 Å². The molecule has 0 aromatic heterocycles. The van der Waals surface area contributed by atoms with Crippen LogP contribution in [0, 0.1) is 0 Å². The van der Waals surface area contributed by atoms with Crippen molar-refractivity contribution in [3.05, 3.63) is 36.4 Å². The van der Waals surface area contributed by atoms with Gasteiger partial charge in [-0.25, -0.2) is 0 Å². The second kappa shape index (κ2) is 6.19. The van der Waals surface area contributed by atoms with Gasteiger partial charge < -0.3 is 19.7 Å². The molecule has 0 saturated carbocycles. The number of phenols is 2. The van der Waals surface area contributed by atoms with E-state index >= 15 is 0 Å². The van der Waals surface area contributed by atoms with Crippen LogP contribution in [0.2, 0.25) is 0 Å². The van der Waals surface area contributed by atoms with E-state index in [1.165, 1.54) is 0 Å². The predicted octanol–water partition coefficient (Wildman–Crippen LogP) is 3.56. The lowest BCUT2D eigenvalue weighted by molar-refractivity contribution is 0.338. The molecular weight excluding hydrogens is 256 g/mol. The normalized spacial score (nSPS) is 10.3. The van der Waals surface area contributed by atoms with E-state index in [0.29, 0.717) is 35.8 Å². The van der Waals surface area contributed by atoms with Gasteiger partial charge in [0.15, 0.2) is 0 Å². The summed E-state index contributed by atoms with van der Waals surface area (Å²) in [5.41, 5.74) is 1.02. The summed E-state index contributed by atoms with van der Waals surface area (Å²) in [4.78, 5) is 0. The standard InChI is InChI=1S/C16H18O4/c1-3-19-11-5-7-15(17)13(9-11)14-10-12(20-4-2)6-8-16(14)18/h5-10,17-18H,3-4H2,1-2H3. The fourth-order valence-electron chi connectivity index (χ4n) is 1.97. The Morgan fingerprint density at radius 3 is 1.50 bits per heavy atom. The Bertz CT molecular complexity index is 540. The van der Waals surface area contributed by atoms with Gasteiger partial charge in [-0.2, -0.15) is 0 Å². The first-order chi connectivity index (χ1) is 9.65. The molecule has 0 aliphatic carbocycles. The minimum Gasteiger partial charge on any atom is -0.507 e. The highest BCUT2D eigenvalue weighted by Crippen LogP contribution is 2.39. The number of aromatic hydroxyl groups is 2. The summed E-state index contributed by atoms with van der Waals surface area (Å²) in [5.74, 6) is 1.44. The summed E-state index contributed by atoms with van der Waals surface area (Å²) in [6.45, 7) is 4.85. The second-order valence-corrected chi connectivity index (χ2v) is 4.22. The molecule has 0 bridgehead atoms. The van der Waals surface area contributed by atoms with Gasteiger partial charge in [0.25, 0.3) is 0 Å². The third-order valence-electron chi connectivity index (χ3n) is 2.85. The summed E-state index contributed by atoms with van der Waals surface area (Å²) in [5, 5.41) is 20.0. The molecule has 0 radical (unpaired) electrons. The number of benzene rings is 2. The highest BCUT2D eigenvalue weighted by molar-refractivity contribution is 5.77. The molecule has 0 fully saturated rings. The molecule has 2 N–H and O–H groups in total. The van der Waals surface area contributed by atoms with Gasteiger partial charge in [-0.15, -0.1) is 0 Å². The number of phenolic OH excluding ortho intramolecular Hbond substituents is 2. The molecule has 0 saturated heterocycles. The number of hydrogen-bond acceptors (Lipinski definition) is 4. The van der Waals surface area contributed by atoms with Gasteiger partial charge in [0, 0.05) is 11.1 Å². The molecule has 106 valence electrons. The van der Waals surface area contributed by atoms with Crippen LogP contribution in [0.3, 0.4) is 0 Å². The minimum absolute atomic E-state index is 0.0809. The van der Waals surface area contributed by atoms with E-state index in [1.807, 2.05) is 13.8 Å². The second-order valence-electron chi connectivity index (χ2n) is 4.22. The van der Waals surface area contributed by atoms with Gasteiger partial charge in [0.05, 0.1) is 13.2 Å². The quantitative estimate of drug-likeness (QED) is 0.875. The zero-order valence-electron chi connectivity index (χ0n) is 11.6. The first-order valence-corrected chi connectivity index (χ1v) is 6.57. The molecule has 2 aromatic carbocycles. The SMILES string of the molecule is CCOc1ccc(O)c(-c2cc(OCC)ccc2O)c1. The zero-order chi connectivity index (χ0) is 14.5. The van der Waals surface area contributed by atoms with Gasteiger partial charge in [0.2, 0.25) is 0 Å². The van der Waals surface area contributed by atoms with Crippen LogP contribution in [0.1, 0.15) is 13.8 Å². The highest BCUT2D eigenvalue weighted by Gasteiger charge is 2.12. The molecule has 0 aliphatic rings. The number of hydrogen-bond donors (Lipinski definition) is 2. The Morgan fingerprint density at radius 2 is 1.15 bits per heavy atom. The molecule has 0 amide bonds. The minimum atomic E-state index is 0.0809. The van der Waals surface area contributed by atoms with Crippen molar-refractivity contribution in [3.8, 4) is 34.1 Å². The van der Waals surface area contributed by atoms with Crippen molar-refractivity contribution in [2.45, 2.75) is 13.8 Å². The molecule has 2 aromatic rings. The van der Waals surface area contributed by atoms with Crippen molar-refractivity contribution in [2.24, 2.45) is 0 Å². The Hall–Kier alpha value is -2.36.